The Labute approximate surface area is 116 Å². The van der Waals surface area contributed by atoms with E-state index in [0.29, 0.717) is 5.49 Å². The summed E-state index contributed by atoms with van der Waals surface area (Å²) in [6, 6.07) is 20.8. The van der Waals surface area contributed by atoms with Gasteiger partial charge in [0.2, 0.25) is 0 Å². The maximum Gasteiger partial charge on any atom is 0.137 e. The molecular weight excluding hydrogens is 244 g/mol. The summed E-state index contributed by atoms with van der Waals surface area (Å²) < 4.78 is 2.03. The normalized spacial score (nSPS) is 11.4. The smallest absolute Gasteiger partial charge is 0.137 e. The number of hydrogen-bond acceptors (Lipinski definition) is 1. The van der Waals surface area contributed by atoms with Crippen LogP contribution in [0.1, 0.15) is 5.69 Å². The predicted molar refractivity (Wildman–Crippen MR) is 83.0 cm³/mol. The Bertz CT molecular complexity index is 1030. The second-order valence-corrected chi connectivity index (χ2v) is 5.17. The summed E-state index contributed by atoms with van der Waals surface area (Å²) in [5.41, 5.74) is 2.75. The van der Waals surface area contributed by atoms with Crippen LogP contribution in [0, 0.1) is 12.3 Å². The van der Waals surface area contributed by atoms with E-state index < -0.39 is 0 Å². The Balaban J connectivity index is 2.39. The summed E-state index contributed by atoms with van der Waals surface area (Å²) in [6.07, 6.45) is 0. The fourth-order valence-electron chi connectivity index (χ4n) is 3.00. The van der Waals surface area contributed by atoms with Crippen LogP contribution in [-0.4, -0.2) is 4.40 Å². The average Bonchev–Trinajstić information content (AvgIpc) is 2.47. The van der Waals surface area contributed by atoms with E-state index in [1.54, 1.807) is 0 Å². The topological polar surface area (TPSA) is 28.3 Å². The molecule has 0 aliphatic rings. The third-order valence-corrected chi connectivity index (χ3v) is 3.93. The first kappa shape index (κ1) is 11.2. The first-order valence-corrected chi connectivity index (χ1v) is 6.73. The highest BCUT2D eigenvalue weighted by atomic mass is 14.9. The van der Waals surface area contributed by atoms with Crippen LogP contribution in [0.25, 0.3) is 27.1 Å². The van der Waals surface area contributed by atoms with Crippen molar-refractivity contribution in [1.29, 1.82) is 5.41 Å². The third kappa shape index (κ3) is 1.42. The molecule has 0 amide bonds. The molecule has 1 N–H and O–H groups in total. The molecule has 0 aliphatic heterocycles. The Hall–Kier alpha value is -2.61. The van der Waals surface area contributed by atoms with Crippen molar-refractivity contribution in [2.75, 3.05) is 0 Å². The molecule has 96 valence electrons. The lowest BCUT2D eigenvalue weighted by molar-refractivity contribution is 0.986. The predicted octanol–water partition coefficient (Wildman–Crippen LogP) is 4.03. The van der Waals surface area contributed by atoms with E-state index in [1.807, 2.05) is 22.6 Å². The van der Waals surface area contributed by atoms with Gasteiger partial charge >= 0.3 is 0 Å². The van der Waals surface area contributed by atoms with E-state index >= 15 is 0 Å². The highest BCUT2D eigenvalue weighted by Gasteiger charge is 2.06. The van der Waals surface area contributed by atoms with E-state index in [-0.39, 0.29) is 0 Å². The van der Waals surface area contributed by atoms with Crippen molar-refractivity contribution in [3.63, 3.8) is 0 Å². The van der Waals surface area contributed by atoms with Crippen molar-refractivity contribution in [1.82, 2.24) is 4.40 Å². The monoisotopic (exact) mass is 258 g/mol. The molecule has 0 spiro atoms. The summed E-state index contributed by atoms with van der Waals surface area (Å²) in [5, 5.41) is 13.0. The van der Waals surface area contributed by atoms with E-state index in [2.05, 4.69) is 49.4 Å². The van der Waals surface area contributed by atoms with Crippen LogP contribution in [0.4, 0.5) is 0 Å². The van der Waals surface area contributed by atoms with Crippen LogP contribution in [0.3, 0.4) is 0 Å². The van der Waals surface area contributed by atoms with Gasteiger partial charge in [-0.1, -0.05) is 48.5 Å². The van der Waals surface area contributed by atoms with Gasteiger partial charge in [0.15, 0.2) is 0 Å². The molecule has 4 rings (SSSR count). The zero-order valence-corrected chi connectivity index (χ0v) is 11.2. The van der Waals surface area contributed by atoms with Crippen LogP contribution < -0.4 is 5.49 Å². The van der Waals surface area contributed by atoms with Crippen molar-refractivity contribution < 1.29 is 0 Å². The summed E-state index contributed by atoms with van der Waals surface area (Å²) in [6.45, 7) is 2.06. The average molecular weight is 258 g/mol. The number of benzene rings is 2. The third-order valence-electron chi connectivity index (χ3n) is 3.93. The lowest BCUT2D eigenvalue weighted by Crippen LogP contribution is -2.16. The van der Waals surface area contributed by atoms with Gasteiger partial charge < -0.3 is 0 Å². The summed E-state index contributed by atoms with van der Waals surface area (Å²) in [7, 11) is 0. The summed E-state index contributed by atoms with van der Waals surface area (Å²) >= 11 is 0. The first-order valence-electron chi connectivity index (χ1n) is 6.73. The van der Waals surface area contributed by atoms with Crippen LogP contribution in [0.15, 0.2) is 60.7 Å². The first-order chi connectivity index (χ1) is 9.75. The van der Waals surface area contributed by atoms with E-state index in [0.717, 1.165) is 22.0 Å². The number of fused-ring (bicyclic) bond motifs is 4. The van der Waals surface area contributed by atoms with Crippen molar-refractivity contribution in [2.24, 2.45) is 0 Å². The molecule has 0 fully saturated rings. The zero-order chi connectivity index (χ0) is 13.7. The molecule has 0 bridgehead atoms. The highest BCUT2D eigenvalue weighted by molar-refractivity contribution is 6.00. The quantitative estimate of drug-likeness (QED) is 0.364. The number of aryl methyl sites for hydroxylation is 1. The molecule has 0 saturated carbocycles. The molecule has 20 heavy (non-hydrogen) atoms. The lowest BCUT2D eigenvalue weighted by Gasteiger charge is -2.12. The molecule has 0 atom stereocenters. The van der Waals surface area contributed by atoms with Crippen LogP contribution >= 0.6 is 0 Å². The van der Waals surface area contributed by atoms with Gasteiger partial charge in [0, 0.05) is 16.5 Å². The van der Waals surface area contributed by atoms with Gasteiger partial charge in [0.05, 0.1) is 5.52 Å². The van der Waals surface area contributed by atoms with Crippen molar-refractivity contribution in [3.8, 4) is 0 Å². The van der Waals surface area contributed by atoms with Gasteiger partial charge in [-0.25, -0.2) is 0 Å². The minimum absolute atomic E-state index is 0.557. The molecular formula is C18H14N2. The molecule has 2 heteroatoms. The second-order valence-electron chi connectivity index (χ2n) is 5.17. The maximum absolute atomic E-state index is 8.51. The standard InChI is InChI=1S/C18H14N2/c1-12-10-13-6-2-4-8-15(13)17-11-14-7-3-5-9-16(14)18(19)20(12)17/h2-11,19H,1H3. The largest absolute Gasteiger partial charge is 0.298 e. The van der Waals surface area contributed by atoms with Crippen molar-refractivity contribution >= 4 is 27.1 Å². The fourth-order valence-corrected chi connectivity index (χ4v) is 3.00. The van der Waals surface area contributed by atoms with E-state index in [1.165, 1.54) is 10.8 Å². The van der Waals surface area contributed by atoms with Crippen LogP contribution in [0.5, 0.6) is 0 Å². The Kier molecular flexibility index (Phi) is 2.21. The summed E-state index contributed by atoms with van der Waals surface area (Å²) in [5.74, 6) is 0. The number of nitrogens with one attached hydrogen (secondary N) is 1. The van der Waals surface area contributed by atoms with Crippen LogP contribution in [0.2, 0.25) is 0 Å². The molecule has 0 radical (unpaired) electrons. The zero-order valence-electron chi connectivity index (χ0n) is 11.2. The van der Waals surface area contributed by atoms with E-state index in [4.69, 9.17) is 5.41 Å². The molecule has 2 aromatic carbocycles. The molecule has 0 saturated heterocycles. The van der Waals surface area contributed by atoms with Gasteiger partial charge in [0.1, 0.15) is 5.49 Å². The minimum Gasteiger partial charge on any atom is -0.298 e. The summed E-state index contributed by atoms with van der Waals surface area (Å²) in [4.78, 5) is 0. The van der Waals surface area contributed by atoms with Gasteiger partial charge in [-0.3, -0.25) is 9.81 Å². The van der Waals surface area contributed by atoms with Crippen molar-refractivity contribution in [3.05, 3.63) is 71.8 Å². The molecule has 2 heterocycles. The molecule has 2 nitrogen and oxygen atoms in total. The number of rotatable bonds is 0. The maximum atomic E-state index is 8.51. The van der Waals surface area contributed by atoms with Gasteiger partial charge in [-0.15, -0.1) is 0 Å². The number of aromatic nitrogens is 1. The second kappa shape index (κ2) is 3.94. The Morgan fingerprint density at radius 2 is 1.40 bits per heavy atom. The SMILES string of the molecule is Cc1cc2ccccc2c2cc3ccccc3c(=N)n12. The molecule has 0 aliphatic carbocycles. The highest BCUT2D eigenvalue weighted by Crippen LogP contribution is 2.23. The molecule has 2 aromatic heterocycles. The van der Waals surface area contributed by atoms with Crippen LogP contribution in [-0.2, 0) is 0 Å². The van der Waals surface area contributed by atoms with Gasteiger partial charge in [-0.2, -0.15) is 0 Å². The number of nitrogens with zero attached hydrogens (tertiary/aromatic N) is 1. The fraction of sp³-hybridized carbons (Fsp3) is 0.0556. The molecule has 4 aromatic rings. The number of hydrogen-bond donors (Lipinski definition) is 1. The van der Waals surface area contributed by atoms with Gasteiger partial charge in [-0.05, 0) is 29.8 Å². The number of pyridine rings is 2. The van der Waals surface area contributed by atoms with Gasteiger partial charge in [0.25, 0.3) is 0 Å². The Morgan fingerprint density at radius 3 is 2.15 bits per heavy atom. The molecule has 0 unspecified atom stereocenters. The van der Waals surface area contributed by atoms with E-state index in [9.17, 15) is 0 Å². The Morgan fingerprint density at radius 1 is 0.800 bits per heavy atom. The van der Waals surface area contributed by atoms with Crippen molar-refractivity contribution in [2.45, 2.75) is 6.92 Å². The minimum atomic E-state index is 0.557. The lowest BCUT2D eigenvalue weighted by atomic mass is 10.1.